The molecule has 0 radical (unpaired) electrons. The van der Waals surface area contributed by atoms with Crippen molar-refractivity contribution in [3.63, 3.8) is 0 Å². The Morgan fingerprint density at radius 3 is 2.20 bits per heavy atom. The quantitative estimate of drug-likeness (QED) is 0.793. The van der Waals surface area contributed by atoms with Gasteiger partial charge in [-0.3, -0.25) is 14.7 Å². The smallest absolute Gasteiger partial charge is 0.320 e. The maximum Gasteiger partial charge on any atom is 0.320 e. The first-order valence-corrected chi connectivity index (χ1v) is 9.23. The van der Waals surface area contributed by atoms with Crippen LogP contribution in [-0.2, 0) is 22.6 Å². The zero-order chi connectivity index (χ0) is 18.1. The monoisotopic (exact) mass is 348 g/mol. The van der Waals surface area contributed by atoms with E-state index < -0.39 is 5.60 Å². The number of hydrogen-bond acceptors (Lipinski definition) is 6. The fraction of sp³-hybridized carbons (Fsp3) is 0.684. The highest BCUT2D eigenvalue weighted by Crippen LogP contribution is 2.08. The van der Waals surface area contributed by atoms with Crippen molar-refractivity contribution in [1.82, 2.24) is 20.5 Å². The van der Waals surface area contributed by atoms with E-state index in [-0.39, 0.29) is 5.97 Å². The molecular weight excluding hydrogens is 316 g/mol. The summed E-state index contributed by atoms with van der Waals surface area (Å²) in [5.41, 5.74) is 1.71. The maximum absolute atomic E-state index is 12.1. The number of aromatic nitrogens is 1. The van der Waals surface area contributed by atoms with Crippen molar-refractivity contribution in [1.29, 1.82) is 0 Å². The number of esters is 1. The zero-order valence-electron chi connectivity index (χ0n) is 15.8. The number of ether oxygens (including phenoxy) is 1. The average molecular weight is 348 g/mol. The van der Waals surface area contributed by atoms with Gasteiger partial charge in [0.15, 0.2) is 0 Å². The van der Waals surface area contributed by atoms with E-state index in [0.717, 1.165) is 63.5 Å². The Bertz CT molecular complexity index is 513. The van der Waals surface area contributed by atoms with Crippen molar-refractivity contribution in [3.8, 4) is 0 Å². The zero-order valence-corrected chi connectivity index (χ0v) is 15.8. The van der Waals surface area contributed by atoms with Gasteiger partial charge in [-0.05, 0) is 71.9 Å². The Morgan fingerprint density at radius 1 is 1.12 bits per heavy atom. The van der Waals surface area contributed by atoms with Gasteiger partial charge < -0.3 is 15.4 Å². The van der Waals surface area contributed by atoms with Gasteiger partial charge in [0, 0.05) is 13.1 Å². The second-order valence-electron chi connectivity index (χ2n) is 7.54. The molecule has 2 heterocycles. The van der Waals surface area contributed by atoms with E-state index in [2.05, 4.69) is 38.7 Å². The molecule has 6 heteroatoms. The maximum atomic E-state index is 12.1. The van der Waals surface area contributed by atoms with Crippen molar-refractivity contribution in [2.45, 2.75) is 52.3 Å². The Kier molecular flexibility index (Phi) is 7.81. The summed E-state index contributed by atoms with van der Waals surface area (Å²) in [4.78, 5) is 19.0. The van der Waals surface area contributed by atoms with Crippen LogP contribution in [0, 0.1) is 0 Å². The first-order valence-electron chi connectivity index (χ1n) is 9.23. The lowest BCUT2D eigenvalue weighted by Gasteiger charge is -2.25. The summed E-state index contributed by atoms with van der Waals surface area (Å²) in [6.45, 7) is 11.2. The molecule has 0 atom stereocenters. The summed E-state index contributed by atoms with van der Waals surface area (Å²) < 4.78 is 5.46. The van der Waals surface area contributed by atoms with Crippen LogP contribution in [0.5, 0.6) is 0 Å². The minimum absolute atomic E-state index is 0.145. The topological polar surface area (TPSA) is 66.5 Å². The van der Waals surface area contributed by atoms with Gasteiger partial charge in [-0.15, -0.1) is 0 Å². The van der Waals surface area contributed by atoms with Gasteiger partial charge in [0.05, 0.1) is 17.9 Å². The van der Waals surface area contributed by atoms with Gasteiger partial charge in [-0.25, -0.2) is 0 Å². The number of carbonyl (C=O) groups excluding carboxylic acids is 1. The molecule has 1 aromatic heterocycles. The molecule has 1 aromatic rings. The molecule has 6 nitrogen and oxygen atoms in total. The van der Waals surface area contributed by atoms with Crippen LogP contribution < -0.4 is 10.6 Å². The second-order valence-corrected chi connectivity index (χ2v) is 7.54. The Hall–Kier alpha value is -1.50. The van der Waals surface area contributed by atoms with E-state index in [4.69, 9.17) is 4.74 Å². The molecule has 140 valence electrons. The minimum Gasteiger partial charge on any atom is -0.459 e. The summed E-state index contributed by atoms with van der Waals surface area (Å²) in [5, 5.41) is 6.87. The SMILES string of the molecule is CC(C)(C)OC(=O)CN1CCCNCc2cccc(n2)CNCCC1. The fourth-order valence-electron chi connectivity index (χ4n) is 2.84. The summed E-state index contributed by atoms with van der Waals surface area (Å²) in [6.07, 6.45) is 1.99. The third-order valence-corrected chi connectivity index (χ3v) is 3.91. The molecule has 0 saturated heterocycles. The van der Waals surface area contributed by atoms with Crippen LogP contribution in [0.1, 0.15) is 45.0 Å². The molecule has 1 aliphatic heterocycles. The van der Waals surface area contributed by atoms with Crippen LogP contribution in [0.15, 0.2) is 18.2 Å². The highest BCUT2D eigenvalue weighted by Gasteiger charge is 2.18. The van der Waals surface area contributed by atoms with E-state index in [0.29, 0.717) is 6.54 Å². The van der Waals surface area contributed by atoms with Crippen molar-refractivity contribution in [3.05, 3.63) is 29.6 Å². The summed E-state index contributed by atoms with van der Waals surface area (Å²) in [5.74, 6) is -0.145. The number of fused-ring (bicyclic) bond motifs is 2. The normalized spacial score (nSPS) is 18.4. The molecular formula is C19H32N4O2. The molecule has 0 saturated carbocycles. The summed E-state index contributed by atoms with van der Waals surface area (Å²) in [6, 6.07) is 6.17. The van der Waals surface area contributed by atoms with E-state index >= 15 is 0 Å². The predicted molar refractivity (Wildman–Crippen MR) is 99.2 cm³/mol. The van der Waals surface area contributed by atoms with Gasteiger partial charge in [0.25, 0.3) is 0 Å². The molecule has 0 spiro atoms. The highest BCUT2D eigenvalue weighted by atomic mass is 16.6. The first kappa shape index (κ1) is 19.8. The number of nitrogens with zero attached hydrogens (tertiary/aromatic N) is 2. The van der Waals surface area contributed by atoms with Gasteiger partial charge in [-0.1, -0.05) is 6.07 Å². The third-order valence-electron chi connectivity index (χ3n) is 3.91. The number of carbonyl (C=O) groups is 1. The lowest BCUT2D eigenvalue weighted by molar-refractivity contribution is -0.156. The highest BCUT2D eigenvalue weighted by molar-refractivity contribution is 5.72. The molecule has 25 heavy (non-hydrogen) atoms. The van der Waals surface area contributed by atoms with Gasteiger partial charge in [-0.2, -0.15) is 0 Å². The second kappa shape index (κ2) is 9.85. The van der Waals surface area contributed by atoms with E-state index in [1.165, 1.54) is 0 Å². The molecule has 0 fully saturated rings. The number of rotatable bonds is 2. The number of pyridine rings is 1. The molecule has 0 amide bonds. The van der Waals surface area contributed by atoms with Crippen LogP contribution in [0.25, 0.3) is 0 Å². The van der Waals surface area contributed by atoms with Crippen molar-refractivity contribution in [2.24, 2.45) is 0 Å². The van der Waals surface area contributed by atoms with Crippen molar-refractivity contribution >= 4 is 5.97 Å². The molecule has 2 rings (SSSR count). The Balaban J connectivity index is 1.86. The summed E-state index contributed by atoms with van der Waals surface area (Å²) >= 11 is 0. The van der Waals surface area contributed by atoms with Crippen molar-refractivity contribution in [2.75, 3.05) is 32.7 Å². The van der Waals surface area contributed by atoms with Gasteiger partial charge in [0.2, 0.25) is 0 Å². The summed E-state index contributed by atoms with van der Waals surface area (Å²) in [7, 11) is 0. The minimum atomic E-state index is -0.428. The predicted octanol–water partition coefficient (Wildman–Crippen LogP) is 1.70. The number of hydrogen-bond donors (Lipinski definition) is 2. The van der Waals surface area contributed by atoms with Crippen LogP contribution in [-0.4, -0.2) is 54.2 Å². The average Bonchev–Trinajstić information content (AvgIpc) is 2.52. The van der Waals surface area contributed by atoms with Crippen LogP contribution in [0.4, 0.5) is 0 Å². The van der Waals surface area contributed by atoms with Crippen LogP contribution in [0.3, 0.4) is 0 Å². The molecule has 2 bridgehead atoms. The van der Waals surface area contributed by atoms with E-state index in [1.54, 1.807) is 0 Å². The van der Waals surface area contributed by atoms with Crippen LogP contribution in [0.2, 0.25) is 0 Å². The lowest BCUT2D eigenvalue weighted by Crippen LogP contribution is -2.37. The van der Waals surface area contributed by atoms with E-state index in [1.807, 2.05) is 20.8 Å². The van der Waals surface area contributed by atoms with E-state index in [9.17, 15) is 4.79 Å². The number of nitrogens with one attached hydrogen (secondary N) is 2. The van der Waals surface area contributed by atoms with Crippen molar-refractivity contribution < 1.29 is 9.53 Å². The fourth-order valence-corrected chi connectivity index (χ4v) is 2.84. The largest absolute Gasteiger partial charge is 0.459 e. The molecule has 0 unspecified atom stereocenters. The third kappa shape index (κ3) is 8.43. The standard InChI is InChI=1S/C19H32N4O2/c1-19(2,3)25-18(24)15-23-11-5-9-20-13-16-7-4-8-17(22-16)14-21-10-6-12-23/h4,7-8,20-21H,5-6,9-15H2,1-3H3. The van der Waals surface area contributed by atoms with Gasteiger partial charge >= 0.3 is 5.97 Å². The first-order chi connectivity index (χ1) is 11.9. The Morgan fingerprint density at radius 2 is 1.68 bits per heavy atom. The molecule has 0 aromatic carbocycles. The van der Waals surface area contributed by atoms with Crippen LogP contribution >= 0.6 is 0 Å². The molecule has 2 N–H and O–H groups in total. The van der Waals surface area contributed by atoms with Gasteiger partial charge in [0.1, 0.15) is 5.60 Å². The molecule has 1 aliphatic rings. The lowest BCUT2D eigenvalue weighted by atomic mass is 10.2. The molecule has 0 aliphatic carbocycles. The Labute approximate surface area is 151 Å².